The number of hydrogen-bond donors (Lipinski definition) is 1. The van der Waals surface area contributed by atoms with E-state index in [0.29, 0.717) is 12.3 Å². The minimum atomic E-state index is -0.183. The van der Waals surface area contributed by atoms with E-state index in [1.54, 1.807) is 7.11 Å². The standard InChI is InChI=1S/C11H15BrN2O/c1-8(15-2)14-11(13)7-9-4-3-5-10(12)6-9/h3-6,8H,7H2,1-2H3,(H2,13,14). The lowest BCUT2D eigenvalue weighted by Crippen LogP contribution is -2.18. The third kappa shape index (κ3) is 4.44. The van der Waals surface area contributed by atoms with Crippen LogP contribution >= 0.6 is 15.9 Å². The number of halogens is 1. The van der Waals surface area contributed by atoms with Crippen molar-refractivity contribution >= 4 is 21.8 Å². The molecule has 2 N–H and O–H groups in total. The van der Waals surface area contributed by atoms with Gasteiger partial charge in [0.05, 0.1) is 0 Å². The molecule has 0 saturated heterocycles. The molecule has 0 heterocycles. The molecule has 15 heavy (non-hydrogen) atoms. The Morgan fingerprint density at radius 1 is 1.60 bits per heavy atom. The first-order valence-electron chi connectivity index (χ1n) is 4.71. The SMILES string of the molecule is COC(C)N=C(N)Cc1cccc(Br)c1. The molecule has 0 fully saturated rings. The molecule has 0 aliphatic heterocycles. The van der Waals surface area contributed by atoms with Gasteiger partial charge in [0.2, 0.25) is 0 Å². The molecule has 1 atom stereocenters. The number of nitrogens with two attached hydrogens (primary N) is 1. The van der Waals surface area contributed by atoms with E-state index >= 15 is 0 Å². The molecule has 1 rings (SSSR count). The summed E-state index contributed by atoms with van der Waals surface area (Å²) in [6.45, 7) is 1.85. The molecule has 0 aliphatic carbocycles. The van der Waals surface area contributed by atoms with Gasteiger partial charge in [-0.3, -0.25) is 0 Å². The van der Waals surface area contributed by atoms with Gasteiger partial charge >= 0.3 is 0 Å². The van der Waals surface area contributed by atoms with Crippen LogP contribution in [0.15, 0.2) is 33.7 Å². The van der Waals surface area contributed by atoms with Crippen LogP contribution in [0.1, 0.15) is 12.5 Å². The van der Waals surface area contributed by atoms with Gasteiger partial charge in [0.15, 0.2) is 0 Å². The van der Waals surface area contributed by atoms with E-state index in [1.165, 1.54) is 0 Å². The Labute approximate surface area is 98.5 Å². The topological polar surface area (TPSA) is 47.6 Å². The largest absolute Gasteiger partial charge is 0.387 e. The second kappa shape index (κ2) is 5.88. The summed E-state index contributed by atoms with van der Waals surface area (Å²) >= 11 is 3.41. The van der Waals surface area contributed by atoms with Crippen LogP contribution in [0.5, 0.6) is 0 Å². The van der Waals surface area contributed by atoms with Gasteiger partial charge < -0.3 is 10.5 Å². The van der Waals surface area contributed by atoms with Gasteiger partial charge in [-0.05, 0) is 24.6 Å². The fraction of sp³-hybridized carbons (Fsp3) is 0.364. The van der Waals surface area contributed by atoms with Crippen molar-refractivity contribution in [2.75, 3.05) is 7.11 Å². The summed E-state index contributed by atoms with van der Waals surface area (Å²) < 4.78 is 6.05. The highest BCUT2D eigenvalue weighted by atomic mass is 79.9. The summed E-state index contributed by atoms with van der Waals surface area (Å²) in [6.07, 6.45) is 0.463. The van der Waals surface area contributed by atoms with E-state index in [2.05, 4.69) is 20.9 Å². The van der Waals surface area contributed by atoms with Crippen LogP contribution in [0.4, 0.5) is 0 Å². The predicted molar refractivity (Wildman–Crippen MR) is 65.9 cm³/mol. The zero-order chi connectivity index (χ0) is 11.3. The molecule has 0 aliphatic rings. The number of benzene rings is 1. The van der Waals surface area contributed by atoms with Crippen molar-refractivity contribution in [3.63, 3.8) is 0 Å². The molecular weight excluding hydrogens is 256 g/mol. The van der Waals surface area contributed by atoms with E-state index in [0.717, 1.165) is 10.0 Å². The maximum absolute atomic E-state index is 5.79. The van der Waals surface area contributed by atoms with E-state index in [-0.39, 0.29) is 6.23 Å². The van der Waals surface area contributed by atoms with Crippen LogP contribution in [0, 0.1) is 0 Å². The first-order chi connectivity index (χ1) is 7.11. The quantitative estimate of drug-likeness (QED) is 0.675. The van der Waals surface area contributed by atoms with E-state index in [1.807, 2.05) is 31.2 Å². The van der Waals surface area contributed by atoms with Crippen molar-refractivity contribution in [1.82, 2.24) is 0 Å². The van der Waals surface area contributed by atoms with Crippen molar-refractivity contribution in [2.45, 2.75) is 19.6 Å². The minimum Gasteiger partial charge on any atom is -0.387 e. The van der Waals surface area contributed by atoms with Gasteiger partial charge in [-0.2, -0.15) is 0 Å². The van der Waals surface area contributed by atoms with Crippen LogP contribution in [-0.4, -0.2) is 19.2 Å². The Kier molecular flexibility index (Phi) is 4.78. The van der Waals surface area contributed by atoms with Gasteiger partial charge in [0, 0.05) is 18.0 Å². The Morgan fingerprint density at radius 3 is 2.93 bits per heavy atom. The molecule has 4 heteroatoms. The van der Waals surface area contributed by atoms with Gasteiger partial charge in [-0.15, -0.1) is 0 Å². The number of amidine groups is 1. The average Bonchev–Trinajstić information content (AvgIpc) is 2.17. The van der Waals surface area contributed by atoms with Crippen molar-refractivity contribution in [1.29, 1.82) is 0 Å². The molecular formula is C11H15BrN2O. The van der Waals surface area contributed by atoms with Crippen molar-refractivity contribution in [2.24, 2.45) is 10.7 Å². The maximum Gasteiger partial charge on any atom is 0.147 e. The van der Waals surface area contributed by atoms with E-state index in [4.69, 9.17) is 10.5 Å². The first-order valence-corrected chi connectivity index (χ1v) is 5.50. The van der Waals surface area contributed by atoms with E-state index < -0.39 is 0 Å². The molecule has 82 valence electrons. The number of methoxy groups -OCH3 is 1. The maximum atomic E-state index is 5.79. The Morgan fingerprint density at radius 2 is 2.33 bits per heavy atom. The predicted octanol–water partition coefficient (Wildman–Crippen LogP) is 2.34. The van der Waals surface area contributed by atoms with Gasteiger partial charge in [-0.1, -0.05) is 28.1 Å². The fourth-order valence-electron chi connectivity index (χ4n) is 1.19. The number of aliphatic imine (C=N–C) groups is 1. The first kappa shape index (κ1) is 12.2. The molecule has 3 nitrogen and oxygen atoms in total. The Balaban J connectivity index is 2.66. The van der Waals surface area contributed by atoms with Crippen molar-refractivity contribution < 1.29 is 4.74 Å². The lowest BCUT2D eigenvalue weighted by Gasteiger charge is -2.06. The molecule has 0 spiro atoms. The van der Waals surface area contributed by atoms with Gasteiger partial charge in [-0.25, -0.2) is 4.99 Å². The summed E-state index contributed by atoms with van der Waals surface area (Å²) in [6, 6.07) is 8.01. The highest BCUT2D eigenvalue weighted by Gasteiger charge is 2.00. The third-order valence-electron chi connectivity index (χ3n) is 1.96. The summed E-state index contributed by atoms with van der Waals surface area (Å²) in [7, 11) is 1.61. The number of nitrogens with zero attached hydrogens (tertiary/aromatic N) is 1. The Bertz CT molecular complexity index is 352. The third-order valence-corrected chi connectivity index (χ3v) is 2.46. The highest BCUT2D eigenvalue weighted by Crippen LogP contribution is 2.12. The monoisotopic (exact) mass is 270 g/mol. The van der Waals surface area contributed by atoms with Crippen LogP contribution < -0.4 is 5.73 Å². The second-order valence-corrected chi connectivity index (χ2v) is 4.18. The zero-order valence-electron chi connectivity index (χ0n) is 8.90. The number of hydrogen-bond acceptors (Lipinski definition) is 2. The summed E-state index contributed by atoms with van der Waals surface area (Å²) in [5.41, 5.74) is 6.92. The summed E-state index contributed by atoms with van der Waals surface area (Å²) in [5, 5.41) is 0. The lowest BCUT2D eigenvalue weighted by molar-refractivity contribution is 0.126. The van der Waals surface area contributed by atoms with Crippen LogP contribution in [0.3, 0.4) is 0 Å². The fourth-order valence-corrected chi connectivity index (χ4v) is 1.63. The molecule has 0 amide bonds. The molecule has 1 unspecified atom stereocenters. The number of rotatable bonds is 4. The van der Waals surface area contributed by atoms with Crippen LogP contribution in [0.2, 0.25) is 0 Å². The normalized spacial score (nSPS) is 13.9. The molecule has 1 aromatic rings. The van der Waals surface area contributed by atoms with E-state index in [9.17, 15) is 0 Å². The van der Waals surface area contributed by atoms with Gasteiger partial charge in [0.1, 0.15) is 12.1 Å². The molecule has 0 saturated carbocycles. The van der Waals surface area contributed by atoms with Crippen molar-refractivity contribution in [3.8, 4) is 0 Å². The smallest absolute Gasteiger partial charge is 0.147 e. The average molecular weight is 271 g/mol. The van der Waals surface area contributed by atoms with Crippen molar-refractivity contribution in [3.05, 3.63) is 34.3 Å². The van der Waals surface area contributed by atoms with Crippen LogP contribution in [-0.2, 0) is 11.2 Å². The zero-order valence-corrected chi connectivity index (χ0v) is 10.5. The molecule has 0 radical (unpaired) electrons. The molecule has 0 aromatic heterocycles. The minimum absolute atomic E-state index is 0.183. The summed E-state index contributed by atoms with van der Waals surface area (Å²) in [4.78, 5) is 4.18. The highest BCUT2D eigenvalue weighted by molar-refractivity contribution is 9.10. The lowest BCUT2D eigenvalue weighted by atomic mass is 10.1. The second-order valence-electron chi connectivity index (χ2n) is 3.26. The molecule has 0 bridgehead atoms. The van der Waals surface area contributed by atoms with Gasteiger partial charge in [0.25, 0.3) is 0 Å². The Hall–Kier alpha value is -0.870. The summed E-state index contributed by atoms with van der Waals surface area (Å²) in [5.74, 6) is 0.586. The molecule has 1 aromatic carbocycles. The van der Waals surface area contributed by atoms with Crippen LogP contribution in [0.25, 0.3) is 0 Å². The number of ether oxygens (including phenoxy) is 1.